The van der Waals surface area contributed by atoms with E-state index < -0.39 is 5.38 Å². The molecule has 1 N–H and O–H groups in total. The molecular weight excluding hydrogens is 164 g/mol. The van der Waals surface area contributed by atoms with Crippen molar-refractivity contribution in [3.63, 3.8) is 0 Å². The number of phenolic OH excluding ortho intramolecular Hbond substituents is 1. The summed E-state index contributed by atoms with van der Waals surface area (Å²) in [5, 5.41) is 8.32. The Balaban J connectivity index is 2.95. The lowest BCUT2D eigenvalue weighted by atomic mass is 10.1. The zero-order valence-electron chi connectivity index (χ0n) is 5.70. The molecule has 1 aromatic rings. The molecule has 2 nitrogen and oxygen atoms in total. The molecule has 1 rings (SSSR count). The van der Waals surface area contributed by atoms with Gasteiger partial charge in [0.05, 0.1) is 0 Å². The second-order valence-electron chi connectivity index (χ2n) is 2.13. The number of hydrogen-bond donors (Lipinski definition) is 1. The summed E-state index contributed by atoms with van der Waals surface area (Å²) in [5.74, 6) is 0.120. The van der Waals surface area contributed by atoms with Crippen molar-refractivity contribution < 1.29 is 9.90 Å². The molecule has 0 radical (unpaired) electrons. The fraction of sp³-hybridized carbons (Fsp3) is 0.125. The highest BCUT2D eigenvalue weighted by Crippen LogP contribution is 2.21. The number of carbonyl (C=O) groups excluding carboxylic acids is 1. The minimum atomic E-state index is -0.665. The molecule has 0 saturated heterocycles. The van der Waals surface area contributed by atoms with E-state index in [9.17, 15) is 4.79 Å². The van der Waals surface area contributed by atoms with Gasteiger partial charge in [-0.05, 0) is 17.7 Å². The molecule has 0 aliphatic carbocycles. The van der Waals surface area contributed by atoms with Crippen LogP contribution in [0.25, 0.3) is 0 Å². The molecule has 11 heavy (non-hydrogen) atoms. The van der Waals surface area contributed by atoms with E-state index in [1.165, 1.54) is 12.1 Å². The van der Waals surface area contributed by atoms with Crippen molar-refractivity contribution in [2.75, 3.05) is 0 Å². The van der Waals surface area contributed by atoms with Gasteiger partial charge in [-0.1, -0.05) is 12.1 Å². The Labute approximate surface area is 69.4 Å². The maximum atomic E-state index is 10.2. The highest BCUT2D eigenvalue weighted by Gasteiger charge is 2.04. The van der Waals surface area contributed by atoms with Gasteiger partial charge < -0.3 is 9.90 Å². The number of aldehydes is 1. The lowest BCUT2D eigenvalue weighted by Gasteiger charge is -2.00. The molecule has 0 saturated carbocycles. The largest absolute Gasteiger partial charge is 0.508 e. The van der Waals surface area contributed by atoms with Gasteiger partial charge in [-0.2, -0.15) is 0 Å². The van der Waals surface area contributed by atoms with Crippen molar-refractivity contribution in [2.24, 2.45) is 0 Å². The lowest BCUT2D eigenvalue weighted by molar-refractivity contribution is -0.107. The predicted molar refractivity (Wildman–Crippen MR) is 42.8 cm³/mol. The van der Waals surface area contributed by atoms with Crippen LogP contribution in [0, 0.1) is 0 Å². The van der Waals surface area contributed by atoms with Crippen molar-refractivity contribution >= 4 is 17.9 Å². The molecule has 0 aliphatic rings. The Hall–Kier alpha value is -1.02. The van der Waals surface area contributed by atoms with Crippen LogP contribution in [-0.2, 0) is 4.79 Å². The summed E-state index contributed by atoms with van der Waals surface area (Å²) in [6.45, 7) is 0. The minimum absolute atomic E-state index is 0.120. The summed E-state index contributed by atoms with van der Waals surface area (Å²) >= 11 is 5.58. The number of alkyl halides is 1. The van der Waals surface area contributed by atoms with Crippen LogP contribution in [0.2, 0.25) is 0 Å². The standard InChI is InChI=1S/C8H7ClO2/c9-8(5-10)6-2-1-3-7(11)4-6/h1-5,8,11H. The van der Waals surface area contributed by atoms with Gasteiger partial charge in [0, 0.05) is 0 Å². The molecule has 58 valence electrons. The van der Waals surface area contributed by atoms with Crippen LogP contribution in [0.1, 0.15) is 10.9 Å². The number of benzene rings is 1. The van der Waals surface area contributed by atoms with Crippen LogP contribution in [0.15, 0.2) is 24.3 Å². The monoisotopic (exact) mass is 170 g/mol. The van der Waals surface area contributed by atoms with Crippen molar-refractivity contribution in [1.82, 2.24) is 0 Å². The smallest absolute Gasteiger partial charge is 0.142 e. The Morgan fingerprint density at radius 1 is 1.55 bits per heavy atom. The number of rotatable bonds is 2. The first-order chi connectivity index (χ1) is 5.24. The van der Waals surface area contributed by atoms with E-state index in [0.717, 1.165) is 0 Å². The van der Waals surface area contributed by atoms with Gasteiger partial charge in [0.15, 0.2) is 0 Å². The molecule has 3 heteroatoms. The van der Waals surface area contributed by atoms with Gasteiger partial charge in [0.25, 0.3) is 0 Å². The summed E-state index contributed by atoms with van der Waals surface area (Å²) in [6.07, 6.45) is 0.621. The van der Waals surface area contributed by atoms with Gasteiger partial charge in [0.2, 0.25) is 0 Å². The van der Waals surface area contributed by atoms with Gasteiger partial charge >= 0.3 is 0 Å². The quantitative estimate of drug-likeness (QED) is 0.544. The zero-order valence-corrected chi connectivity index (χ0v) is 6.45. The molecular formula is C8H7ClO2. The predicted octanol–water partition coefficient (Wildman–Crippen LogP) is 1.87. The number of aromatic hydroxyl groups is 1. The molecule has 0 spiro atoms. The van der Waals surface area contributed by atoms with Gasteiger partial charge in [0.1, 0.15) is 17.4 Å². The van der Waals surface area contributed by atoms with E-state index in [-0.39, 0.29) is 5.75 Å². The average molecular weight is 171 g/mol. The van der Waals surface area contributed by atoms with E-state index in [4.69, 9.17) is 16.7 Å². The summed E-state index contributed by atoms with van der Waals surface area (Å²) < 4.78 is 0. The first kappa shape index (κ1) is 8.08. The molecule has 0 aliphatic heterocycles. The summed E-state index contributed by atoms with van der Waals surface area (Å²) in [4.78, 5) is 10.2. The third-order valence-corrected chi connectivity index (χ3v) is 1.66. The molecule has 0 amide bonds. The highest BCUT2D eigenvalue weighted by molar-refractivity contribution is 6.27. The molecule has 0 bridgehead atoms. The number of carbonyl (C=O) groups is 1. The first-order valence-electron chi connectivity index (χ1n) is 3.12. The van der Waals surface area contributed by atoms with E-state index in [2.05, 4.69) is 0 Å². The number of phenols is 1. The summed E-state index contributed by atoms with van der Waals surface area (Å²) in [6, 6.07) is 6.32. The Morgan fingerprint density at radius 3 is 2.82 bits per heavy atom. The van der Waals surface area contributed by atoms with E-state index in [0.29, 0.717) is 11.8 Å². The van der Waals surface area contributed by atoms with Crippen LogP contribution in [0.4, 0.5) is 0 Å². The Kier molecular flexibility index (Phi) is 2.49. The van der Waals surface area contributed by atoms with Gasteiger partial charge in [-0.15, -0.1) is 11.6 Å². The molecule has 1 aromatic carbocycles. The maximum Gasteiger partial charge on any atom is 0.142 e. The van der Waals surface area contributed by atoms with Crippen molar-refractivity contribution in [3.05, 3.63) is 29.8 Å². The fourth-order valence-corrected chi connectivity index (χ4v) is 0.911. The minimum Gasteiger partial charge on any atom is -0.508 e. The van der Waals surface area contributed by atoms with Gasteiger partial charge in [-0.3, -0.25) is 0 Å². The molecule has 0 heterocycles. The fourth-order valence-electron chi connectivity index (χ4n) is 0.775. The summed E-state index contributed by atoms with van der Waals surface area (Å²) in [5.41, 5.74) is 0.613. The van der Waals surface area contributed by atoms with Crippen molar-refractivity contribution in [3.8, 4) is 5.75 Å². The average Bonchev–Trinajstić information content (AvgIpc) is 2.03. The molecule has 0 aromatic heterocycles. The Morgan fingerprint density at radius 2 is 2.27 bits per heavy atom. The third-order valence-electron chi connectivity index (χ3n) is 1.31. The number of hydrogen-bond acceptors (Lipinski definition) is 2. The van der Waals surface area contributed by atoms with Crippen LogP contribution < -0.4 is 0 Å². The molecule has 1 atom stereocenters. The van der Waals surface area contributed by atoms with E-state index >= 15 is 0 Å². The van der Waals surface area contributed by atoms with Crippen LogP contribution in [0.3, 0.4) is 0 Å². The second-order valence-corrected chi connectivity index (χ2v) is 2.60. The molecule has 0 fully saturated rings. The first-order valence-corrected chi connectivity index (χ1v) is 3.56. The van der Waals surface area contributed by atoms with E-state index in [1.54, 1.807) is 12.1 Å². The number of halogens is 1. The highest BCUT2D eigenvalue weighted by atomic mass is 35.5. The van der Waals surface area contributed by atoms with Crippen molar-refractivity contribution in [2.45, 2.75) is 5.38 Å². The SMILES string of the molecule is O=CC(Cl)c1cccc(O)c1. The van der Waals surface area contributed by atoms with E-state index in [1.807, 2.05) is 0 Å². The lowest BCUT2D eigenvalue weighted by Crippen LogP contribution is -1.89. The molecule has 1 unspecified atom stereocenters. The van der Waals surface area contributed by atoms with Crippen LogP contribution in [-0.4, -0.2) is 11.4 Å². The normalized spacial score (nSPS) is 12.5. The maximum absolute atomic E-state index is 10.2. The van der Waals surface area contributed by atoms with Crippen LogP contribution >= 0.6 is 11.6 Å². The topological polar surface area (TPSA) is 37.3 Å². The zero-order chi connectivity index (χ0) is 8.27. The van der Waals surface area contributed by atoms with Crippen molar-refractivity contribution in [1.29, 1.82) is 0 Å². The Bertz CT molecular complexity index is 260. The second kappa shape index (κ2) is 3.39. The third kappa shape index (κ3) is 1.95. The van der Waals surface area contributed by atoms with Gasteiger partial charge in [-0.25, -0.2) is 0 Å². The van der Waals surface area contributed by atoms with Crippen LogP contribution in [0.5, 0.6) is 5.75 Å². The summed E-state index contributed by atoms with van der Waals surface area (Å²) in [7, 11) is 0.